The quantitative estimate of drug-likeness (QED) is 0.791. The van der Waals surface area contributed by atoms with Gasteiger partial charge in [-0.2, -0.15) is 0 Å². The number of nitrogens with zero attached hydrogens (tertiary/aromatic N) is 3. The third-order valence-electron chi connectivity index (χ3n) is 7.50. The van der Waals surface area contributed by atoms with Gasteiger partial charge in [0, 0.05) is 56.8 Å². The van der Waals surface area contributed by atoms with Crippen LogP contribution in [-0.2, 0) is 4.79 Å². The second-order valence-electron chi connectivity index (χ2n) is 9.21. The third kappa shape index (κ3) is 3.34. The SMILES string of the molecule is O=C(c1ccccc1)N1CCC(N2C[C@H]3C[C@H](C2)[C@H]2CCCC(=O)N2C3)CC1. The van der Waals surface area contributed by atoms with Crippen LogP contribution in [0.2, 0.25) is 0 Å². The summed E-state index contributed by atoms with van der Waals surface area (Å²) in [5.74, 6) is 1.86. The average molecular weight is 382 g/mol. The zero-order valence-corrected chi connectivity index (χ0v) is 16.6. The van der Waals surface area contributed by atoms with Crippen molar-refractivity contribution in [2.75, 3.05) is 32.7 Å². The highest BCUT2D eigenvalue weighted by molar-refractivity contribution is 5.94. The first-order valence-electron chi connectivity index (χ1n) is 11.1. The molecular weight excluding hydrogens is 350 g/mol. The van der Waals surface area contributed by atoms with Crippen molar-refractivity contribution in [3.05, 3.63) is 35.9 Å². The molecule has 28 heavy (non-hydrogen) atoms. The normalized spacial score (nSPS) is 31.6. The van der Waals surface area contributed by atoms with E-state index >= 15 is 0 Å². The first-order chi connectivity index (χ1) is 13.7. The minimum Gasteiger partial charge on any atom is -0.339 e. The Morgan fingerprint density at radius 3 is 2.54 bits per heavy atom. The van der Waals surface area contributed by atoms with Crippen molar-refractivity contribution < 1.29 is 9.59 Å². The maximum absolute atomic E-state index is 12.7. The van der Waals surface area contributed by atoms with Gasteiger partial charge in [-0.3, -0.25) is 14.5 Å². The number of fused-ring (bicyclic) bond motifs is 4. The number of carbonyl (C=O) groups is 2. The molecule has 0 saturated carbocycles. The van der Waals surface area contributed by atoms with Gasteiger partial charge in [0.15, 0.2) is 0 Å². The van der Waals surface area contributed by atoms with Crippen LogP contribution in [0.1, 0.15) is 48.9 Å². The summed E-state index contributed by atoms with van der Waals surface area (Å²) in [5, 5.41) is 0. The predicted octanol–water partition coefficient (Wildman–Crippen LogP) is 2.62. The molecule has 4 saturated heterocycles. The van der Waals surface area contributed by atoms with Gasteiger partial charge in [0.25, 0.3) is 5.91 Å². The van der Waals surface area contributed by atoms with Crippen LogP contribution in [0.5, 0.6) is 0 Å². The molecule has 3 atom stereocenters. The van der Waals surface area contributed by atoms with Crippen LogP contribution in [0.25, 0.3) is 0 Å². The molecule has 4 aliphatic rings. The number of likely N-dealkylation sites (tertiary alicyclic amines) is 2. The van der Waals surface area contributed by atoms with Crippen LogP contribution >= 0.6 is 0 Å². The van der Waals surface area contributed by atoms with Gasteiger partial charge < -0.3 is 9.80 Å². The van der Waals surface area contributed by atoms with Crippen molar-refractivity contribution in [3.8, 4) is 0 Å². The maximum Gasteiger partial charge on any atom is 0.253 e. The highest BCUT2D eigenvalue weighted by atomic mass is 16.2. The van der Waals surface area contributed by atoms with Crippen LogP contribution in [0.4, 0.5) is 0 Å². The van der Waals surface area contributed by atoms with E-state index in [1.165, 1.54) is 12.8 Å². The van der Waals surface area contributed by atoms with Crippen LogP contribution < -0.4 is 0 Å². The molecule has 5 rings (SSSR count). The van der Waals surface area contributed by atoms with E-state index in [2.05, 4.69) is 9.80 Å². The Hall–Kier alpha value is -1.88. The Bertz CT molecular complexity index is 729. The first-order valence-corrected chi connectivity index (χ1v) is 11.1. The van der Waals surface area contributed by atoms with Gasteiger partial charge in [-0.25, -0.2) is 0 Å². The lowest BCUT2D eigenvalue weighted by molar-refractivity contribution is -0.145. The molecular formula is C23H31N3O2. The van der Waals surface area contributed by atoms with E-state index in [1.807, 2.05) is 35.2 Å². The molecule has 0 aromatic heterocycles. The molecule has 4 aliphatic heterocycles. The first kappa shape index (κ1) is 18.2. The number of hydrogen-bond acceptors (Lipinski definition) is 3. The molecule has 1 aromatic carbocycles. The van der Waals surface area contributed by atoms with E-state index < -0.39 is 0 Å². The zero-order valence-electron chi connectivity index (χ0n) is 16.6. The highest BCUT2D eigenvalue weighted by Gasteiger charge is 2.45. The number of piperidine rings is 4. The molecule has 0 unspecified atom stereocenters. The van der Waals surface area contributed by atoms with E-state index in [0.717, 1.165) is 64.0 Å². The van der Waals surface area contributed by atoms with Crippen LogP contribution in [0, 0.1) is 11.8 Å². The van der Waals surface area contributed by atoms with Gasteiger partial charge in [-0.05, 0) is 56.1 Å². The minimum atomic E-state index is 0.172. The molecule has 0 aliphatic carbocycles. The number of benzene rings is 1. The molecule has 1 aromatic rings. The standard InChI is InChI=1S/C23H31N3O2/c27-22-8-4-7-21-19-13-17(15-26(21)22)14-25(16-19)20-9-11-24(12-10-20)23(28)18-5-2-1-3-6-18/h1-3,5-6,17,19-21H,4,7-16H2/t17-,19-,21-/m1/s1. The second-order valence-corrected chi connectivity index (χ2v) is 9.21. The molecule has 4 heterocycles. The largest absolute Gasteiger partial charge is 0.339 e. The fourth-order valence-corrected chi connectivity index (χ4v) is 6.14. The molecule has 5 heteroatoms. The van der Waals surface area contributed by atoms with Crippen LogP contribution in [-0.4, -0.2) is 71.3 Å². The zero-order chi connectivity index (χ0) is 19.1. The summed E-state index contributed by atoms with van der Waals surface area (Å²) in [7, 11) is 0. The fourth-order valence-electron chi connectivity index (χ4n) is 6.14. The Labute approximate surface area is 167 Å². The minimum absolute atomic E-state index is 0.172. The summed E-state index contributed by atoms with van der Waals surface area (Å²) in [6.45, 7) is 4.96. The number of hydrogen-bond donors (Lipinski definition) is 0. The summed E-state index contributed by atoms with van der Waals surface area (Å²) in [4.78, 5) is 32.0. The van der Waals surface area contributed by atoms with Gasteiger partial charge in [-0.15, -0.1) is 0 Å². The van der Waals surface area contributed by atoms with Gasteiger partial charge >= 0.3 is 0 Å². The Morgan fingerprint density at radius 2 is 1.75 bits per heavy atom. The van der Waals surface area contributed by atoms with Gasteiger partial charge in [0.2, 0.25) is 5.91 Å². The lowest BCUT2D eigenvalue weighted by Crippen LogP contribution is -2.62. The topological polar surface area (TPSA) is 43.9 Å². The third-order valence-corrected chi connectivity index (χ3v) is 7.50. The van der Waals surface area contributed by atoms with Crippen LogP contribution in [0.3, 0.4) is 0 Å². The summed E-state index contributed by atoms with van der Waals surface area (Å²) in [5.41, 5.74) is 0.801. The van der Waals surface area contributed by atoms with Crippen molar-refractivity contribution >= 4 is 11.8 Å². The van der Waals surface area contributed by atoms with Gasteiger partial charge in [0.05, 0.1) is 0 Å². The van der Waals surface area contributed by atoms with Gasteiger partial charge in [0.1, 0.15) is 0 Å². The van der Waals surface area contributed by atoms with Crippen molar-refractivity contribution in [1.82, 2.24) is 14.7 Å². The molecule has 150 valence electrons. The number of carbonyl (C=O) groups excluding carboxylic acids is 2. The van der Waals surface area contributed by atoms with E-state index in [-0.39, 0.29) is 5.91 Å². The highest BCUT2D eigenvalue weighted by Crippen LogP contribution is 2.39. The molecule has 2 bridgehead atoms. The van der Waals surface area contributed by atoms with Gasteiger partial charge in [-0.1, -0.05) is 18.2 Å². The van der Waals surface area contributed by atoms with E-state index in [4.69, 9.17) is 0 Å². The van der Waals surface area contributed by atoms with Crippen molar-refractivity contribution in [2.24, 2.45) is 11.8 Å². The fraction of sp³-hybridized carbons (Fsp3) is 0.652. The van der Waals surface area contributed by atoms with Crippen molar-refractivity contribution in [1.29, 1.82) is 0 Å². The maximum atomic E-state index is 12.7. The number of rotatable bonds is 2. The average Bonchev–Trinajstić information content (AvgIpc) is 2.75. The predicted molar refractivity (Wildman–Crippen MR) is 108 cm³/mol. The Balaban J connectivity index is 1.20. The Kier molecular flexibility index (Phi) is 4.87. The molecule has 0 radical (unpaired) electrons. The Morgan fingerprint density at radius 1 is 0.964 bits per heavy atom. The van der Waals surface area contributed by atoms with E-state index in [0.29, 0.717) is 29.8 Å². The monoisotopic (exact) mass is 381 g/mol. The summed E-state index contributed by atoms with van der Waals surface area (Å²) in [6, 6.07) is 10.7. The molecule has 4 fully saturated rings. The summed E-state index contributed by atoms with van der Waals surface area (Å²) >= 11 is 0. The second kappa shape index (κ2) is 7.51. The van der Waals surface area contributed by atoms with Crippen molar-refractivity contribution in [3.63, 3.8) is 0 Å². The van der Waals surface area contributed by atoms with E-state index in [1.54, 1.807) is 0 Å². The molecule has 2 amide bonds. The summed E-state index contributed by atoms with van der Waals surface area (Å²) in [6.07, 6.45) is 6.47. The van der Waals surface area contributed by atoms with Crippen LogP contribution in [0.15, 0.2) is 30.3 Å². The summed E-state index contributed by atoms with van der Waals surface area (Å²) < 4.78 is 0. The smallest absolute Gasteiger partial charge is 0.253 e. The lowest BCUT2D eigenvalue weighted by Gasteiger charge is -2.54. The lowest BCUT2D eigenvalue weighted by atomic mass is 9.75. The van der Waals surface area contributed by atoms with Crippen molar-refractivity contribution in [2.45, 2.75) is 50.6 Å². The van der Waals surface area contributed by atoms with E-state index in [9.17, 15) is 9.59 Å². The molecule has 0 spiro atoms. The molecule has 0 N–H and O–H groups in total. The number of amides is 2. The molecule has 5 nitrogen and oxygen atoms in total.